The number of sulfonamides is 1. The number of carbonyl (C=O) groups is 1. The van der Waals surface area contributed by atoms with E-state index in [4.69, 9.17) is 0 Å². The molecule has 1 saturated heterocycles. The van der Waals surface area contributed by atoms with Gasteiger partial charge in [0.15, 0.2) is 0 Å². The quantitative estimate of drug-likeness (QED) is 0.840. The zero-order valence-electron chi connectivity index (χ0n) is 12.8. The summed E-state index contributed by atoms with van der Waals surface area (Å²) in [5.41, 5.74) is 0.535. The van der Waals surface area contributed by atoms with Gasteiger partial charge in [-0.2, -0.15) is 0 Å². The molecule has 2 fully saturated rings. The maximum Gasteiger partial charge on any atom is 0.253 e. The molecule has 1 aromatic rings. The lowest BCUT2D eigenvalue weighted by molar-refractivity contribution is 0.0766. The molecule has 0 aromatic heterocycles. The van der Waals surface area contributed by atoms with E-state index in [1.165, 1.54) is 12.1 Å². The molecule has 6 nitrogen and oxygen atoms in total. The van der Waals surface area contributed by atoms with Crippen LogP contribution in [0.5, 0.6) is 0 Å². The van der Waals surface area contributed by atoms with Gasteiger partial charge >= 0.3 is 0 Å². The Balaban J connectivity index is 0.00000192. The van der Waals surface area contributed by atoms with Crippen LogP contribution in [-0.2, 0) is 10.0 Å². The lowest BCUT2D eigenvalue weighted by Crippen LogP contribution is -2.34. The first-order valence-corrected chi connectivity index (χ1v) is 9.17. The molecule has 1 heterocycles. The summed E-state index contributed by atoms with van der Waals surface area (Å²) in [4.78, 5) is 14.5. The van der Waals surface area contributed by atoms with Crippen molar-refractivity contribution in [1.29, 1.82) is 0 Å². The Bertz CT molecular complexity index is 636. The second-order valence-electron chi connectivity index (χ2n) is 5.82. The molecular weight excluding hydrogens is 338 g/mol. The number of hydrogen-bond acceptors (Lipinski definition) is 4. The molecule has 2 N–H and O–H groups in total. The van der Waals surface area contributed by atoms with E-state index in [0.717, 1.165) is 38.9 Å². The summed E-state index contributed by atoms with van der Waals surface area (Å²) in [6, 6.07) is 6.29. The van der Waals surface area contributed by atoms with Crippen molar-refractivity contribution in [3.8, 4) is 0 Å². The van der Waals surface area contributed by atoms with Crippen molar-refractivity contribution in [2.45, 2.75) is 30.2 Å². The second kappa shape index (κ2) is 7.61. The summed E-state index contributed by atoms with van der Waals surface area (Å²) in [7, 11) is -3.46. The first-order chi connectivity index (χ1) is 10.6. The molecule has 23 heavy (non-hydrogen) atoms. The van der Waals surface area contributed by atoms with Crippen molar-refractivity contribution in [2.24, 2.45) is 0 Å². The zero-order valence-corrected chi connectivity index (χ0v) is 14.5. The highest BCUT2D eigenvalue weighted by Crippen LogP contribution is 2.22. The van der Waals surface area contributed by atoms with E-state index in [9.17, 15) is 13.2 Å². The predicted octanol–water partition coefficient (Wildman–Crippen LogP) is 0.985. The Morgan fingerprint density at radius 2 is 1.83 bits per heavy atom. The third-order valence-corrected chi connectivity index (χ3v) is 5.47. The van der Waals surface area contributed by atoms with Crippen LogP contribution in [0.15, 0.2) is 29.2 Å². The largest absolute Gasteiger partial charge is 0.337 e. The fourth-order valence-electron chi connectivity index (χ4n) is 2.50. The van der Waals surface area contributed by atoms with E-state index in [1.807, 2.05) is 4.90 Å². The molecule has 3 rings (SSSR count). The highest BCUT2D eigenvalue weighted by Gasteiger charge is 2.28. The Kier molecular flexibility index (Phi) is 6.02. The molecule has 1 amide bonds. The van der Waals surface area contributed by atoms with Gasteiger partial charge in [0.05, 0.1) is 4.90 Å². The van der Waals surface area contributed by atoms with Crippen LogP contribution < -0.4 is 10.0 Å². The lowest BCUT2D eigenvalue weighted by atomic mass is 10.2. The average Bonchev–Trinajstić information content (AvgIpc) is 3.33. The lowest BCUT2D eigenvalue weighted by Gasteiger charge is -2.20. The minimum Gasteiger partial charge on any atom is -0.337 e. The van der Waals surface area contributed by atoms with Gasteiger partial charge in [0.2, 0.25) is 10.0 Å². The molecule has 0 unspecified atom stereocenters. The fourth-order valence-corrected chi connectivity index (χ4v) is 3.80. The van der Waals surface area contributed by atoms with Crippen LogP contribution in [0.2, 0.25) is 0 Å². The Labute approximate surface area is 143 Å². The van der Waals surface area contributed by atoms with Crippen LogP contribution in [0.3, 0.4) is 0 Å². The number of amides is 1. The molecule has 0 radical (unpaired) electrons. The molecule has 8 heteroatoms. The van der Waals surface area contributed by atoms with Crippen molar-refractivity contribution >= 4 is 28.3 Å². The van der Waals surface area contributed by atoms with Crippen LogP contribution in [0.4, 0.5) is 0 Å². The standard InChI is InChI=1S/C15H21N3O3S.ClH/c19-15(18-10-1-8-16-9-11-18)12-2-6-14(7-3-12)22(20,21)17-13-4-5-13;/h2-3,6-7,13,16-17H,1,4-5,8-11H2;1H. The maximum absolute atomic E-state index is 12.4. The van der Waals surface area contributed by atoms with Crippen LogP contribution in [-0.4, -0.2) is 51.4 Å². The molecule has 1 aliphatic carbocycles. The highest BCUT2D eigenvalue weighted by atomic mass is 35.5. The molecule has 1 saturated carbocycles. The van der Waals surface area contributed by atoms with E-state index < -0.39 is 10.0 Å². The third-order valence-electron chi connectivity index (χ3n) is 3.94. The van der Waals surface area contributed by atoms with Gasteiger partial charge in [0.25, 0.3) is 5.91 Å². The SMILES string of the molecule is Cl.O=C(c1ccc(S(=O)(=O)NC2CC2)cc1)N1CCCNCC1. The maximum atomic E-state index is 12.4. The number of hydrogen-bond donors (Lipinski definition) is 2. The molecule has 2 aliphatic rings. The summed E-state index contributed by atoms with van der Waals surface area (Å²) in [5.74, 6) is -0.0391. The van der Waals surface area contributed by atoms with Gasteiger partial charge < -0.3 is 10.2 Å². The minimum absolute atomic E-state index is 0. The Morgan fingerprint density at radius 3 is 2.48 bits per heavy atom. The van der Waals surface area contributed by atoms with Crippen LogP contribution >= 0.6 is 12.4 Å². The van der Waals surface area contributed by atoms with Crippen molar-refractivity contribution in [2.75, 3.05) is 26.2 Å². The monoisotopic (exact) mass is 359 g/mol. The van der Waals surface area contributed by atoms with Gasteiger partial charge in [-0.1, -0.05) is 0 Å². The van der Waals surface area contributed by atoms with Crippen LogP contribution in [0.1, 0.15) is 29.6 Å². The van der Waals surface area contributed by atoms with Crippen molar-refractivity contribution in [3.63, 3.8) is 0 Å². The van der Waals surface area contributed by atoms with Gasteiger partial charge in [0.1, 0.15) is 0 Å². The molecule has 0 atom stereocenters. The summed E-state index contributed by atoms with van der Waals surface area (Å²) >= 11 is 0. The smallest absolute Gasteiger partial charge is 0.253 e. The summed E-state index contributed by atoms with van der Waals surface area (Å²) in [6.07, 6.45) is 2.74. The topological polar surface area (TPSA) is 78.5 Å². The number of benzene rings is 1. The van der Waals surface area contributed by atoms with Gasteiger partial charge in [-0.3, -0.25) is 4.79 Å². The molecule has 1 aromatic carbocycles. The first kappa shape index (κ1) is 18.2. The average molecular weight is 360 g/mol. The number of carbonyl (C=O) groups excluding carboxylic acids is 1. The number of nitrogens with zero attached hydrogens (tertiary/aromatic N) is 1. The highest BCUT2D eigenvalue weighted by molar-refractivity contribution is 7.89. The van der Waals surface area contributed by atoms with Crippen LogP contribution in [0, 0.1) is 0 Å². The van der Waals surface area contributed by atoms with Crippen molar-refractivity contribution < 1.29 is 13.2 Å². The predicted molar refractivity (Wildman–Crippen MR) is 90.4 cm³/mol. The van der Waals surface area contributed by atoms with E-state index in [0.29, 0.717) is 12.1 Å². The third kappa shape index (κ3) is 4.67. The normalized spacial score (nSPS) is 18.9. The van der Waals surface area contributed by atoms with E-state index in [-0.39, 0.29) is 29.3 Å². The van der Waals surface area contributed by atoms with Gasteiger partial charge in [0, 0.05) is 31.2 Å². The zero-order chi connectivity index (χ0) is 15.6. The van der Waals surface area contributed by atoms with Crippen molar-refractivity contribution in [1.82, 2.24) is 14.9 Å². The van der Waals surface area contributed by atoms with Gasteiger partial charge in [-0.25, -0.2) is 13.1 Å². The summed E-state index contributed by atoms with van der Waals surface area (Å²) in [6.45, 7) is 3.13. The Hall–Kier alpha value is -1.15. The van der Waals surface area contributed by atoms with Gasteiger partial charge in [-0.15, -0.1) is 12.4 Å². The number of nitrogens with one attached hydrogen (secondary N) is 2. The molecule has 128 valence electrons. The number of rotatable bonds is 4. The number of halogens is 1. The molecule has 0 bridgehead atoms. The van der Waals surface area contributed by atoms with E-state index >= 15 is 0 Å². The molecule has 1 aliphatic heterocycles. The molecule has 0 spiro atoms. The Morgan fingerprint density at radius 1 is 1.13 bits per heavy atom. The summed E-state index contributed by atoms with van der Waals surface area (Å²) < 4.78 is 26.8. The van der Waals surface area contributed by atoms with E-state index in [1.54, 1.807) is 12.1 Å². The molecular formula is C15H22ClN3O3S. The van der Waals surface area contributed by atoms with Crippen molar-refractivity contribution in [3.05, 3.63) is 29.8 Å². The van der Waals surface area contributed by atoms with E-state index in [2.05, 4.69) is 10.0 Å². The minimum atomic E-state index is -3.46. The first-order valence-electron chi connectivity index (χ1n) is 7.69. The second-order valence-corrected chi connectivity index (χ2v) is 7.53. The van der Waals surface area contributed by atoms with Gasteiger partial charge in [-0.05, 0) is 50.1 Å². The fraction of sp³-hybridized carbons (Fsp3) is 0.533. The summed E-state index contributed by atoms with van der Waals surface area (Å²) in [5, 5.41) is 3.26. The van der Waals surface area contributed by atoms with Crippen LogP contribution in [0.25, 0.3) is 0 Å².